The molecule has 0 bridgehead atoms. The van der Waals surface area contributed by atoms with Gasteiger partial charge in [0.2, 0.25) is 6.79 Å². The minimum absolute atomic E-state index is 0.0911. The molecule has 0 radical (unpaired) electrons. The van der Waals surface area contributed by atoms with E-state index in [1.165, 1.54) is 0 Å². The monoisotopic (exact) mass is 541 g/mol. The first-order chi connectivity index (χ1) is 19.0. The van der Waals surface area contributed by atoms with E-state index in [1.54, 1.807) is 13.2 Å². The van der Waals surface area contributed by atoms with Crippen LogP contribution in [-0.4, -0.2) is 30.0 Å². The zero-order valence-corrected chi connectivity index (χ0v) is 21.7. The summed E-state index contributed by atoms with van der Waals surface area (Å²) in [5, 5.41) is 11.4. The van der Waals surface area contributed by atoms with Crippen LogP contribution in [0.5, 0.6) is 23.0 Å². The summed E-state index contributed by atoms with van der Waals surface area (Å²) in [6.45, 7) is 0.486. The molecule has 0 unspecified atom stereocenters. The Bertz CT molecular complexity index is 1680. The molecule has 0 aliphatic carbocycles. The molecule has 8 heteroatoms. The average Bonchev–Trinajstić information content (AvgIpc) is 3.58. The number of hydrogen-bond donors (Lipinski definition) is 2. The number of H-pyrrole nitrogens is 1. The second kappa shape index (κ2) is 10.3. The maximum absolute atomic E-state index is 12.4. The summed E-state index contributed by atoms with van der Waals surface area (Å²) >= 11 is 6.69. The van der Waals surface area contributed by atoms with E-state index in [9.17, 15) is 9.90 Å². The number of fused-ring (bicyclic) bond motifs is 2. The fourth-order valence-electron chi connectivity index (χ4n) is 4.88. The largest absolute Gasteiger partial charge is 0.497 e. The van der Waals surface area contributed by atoms with Crippen molar-refractivity contribution in [3.8, 4) is 34.1 Å². The second-order valence-electron chi connectivity index (χ2n) is 9.12. The van der Waals surface area contributed by atoms with Gasteiger partial charge in [-0.25, -0.2) is 4.79 Å². The van der Waals surface area contributed by atoms with Gasteiger partial charge in [-0.2, -0.15) is 0 Å². The third kappa shape index (κ3) is 4.73. The summed E-state index contributed by atoms with van der Waals surface area (Å²) in [4.78, 5) is 15.5. The lowest BCUT2D eigenvalue weighted by atomic mass is 9.94. The number of halogens is 1. The summed E-state index contributed by atoms with van der Waals surface area (Å²) in [5.41, 5.74) is 4.69. The molecule has 39 heavy (non-hydrogen) atoms. The van der Waals surface area contributed by atoms with Crippen LogP contribution >= 0.6 is 11.6 Å². The highest BCUT2D eigenvalue weighted by Gasteiger charge is 2.25. The number of hydrogen-bond acceptors (Lipinski definition) is 5. The molecule has 0 fully saturated rings. The zero-order chi connectivity index (χ0) is 26.9. The van der Waals surface area contributed by atoms with Crippen LogP contribution in [-0.2, 0) is 13.0 Å². The summed E-state index contributed by atoms with van der Waals surface area (Å²) < 4.78 is 22.7. The minimum Gasteiger partial charge on any atom is -0.497 e. The van der Waals surface area contributed by atoms with Crippen LogP contribution in [0.2, 0.25) is 5.02 Å². The van der Waals surface area contributed by atoms with Gasteiger partial charge in [0.25, 0.3) is 0 Å². The normalized spacial score (nSPS) is 12.1. The highest BCUT2D eigenvalue weighted by Crippen LogP contribution is 2.43. The van der Waals surface area contributed by atoms with Gasteiger partial charge >= 0.3 is 5.97 Å². The molecule has 4 aromatic carbocycles. The molecule has 0 spiro atoms. The number of methoxy groups -OCH3 is 1. The second-order valence-corrected chi connectivity index (χ2v) is 9.53. The first-order valence-electron chi connectivity index (χ1n) is 12.3. The Kier molecular flexibility index (Phi) is 6.50. The molecular weight excluding hydrogens is 518 g/mol. The summed E-state index contributed by atoms with van der Waals surface area (Å²) in [7, 11) is 1.59. The van der Waals surface area contributed by atoms with Crippen LogP contribution in [0, 0.1) is 0 Å². The smallest absolute Gasteiger partial charge is 0.352 e. The van der Waals surface area contributed by atoms with Gasteiger partial charge in [0, 0.05) is 39.5 Å². The molecule has 196 valence electrons. The number of aromatic nitrogens is 1. The van der Waals surface area contributed by atoms with Crippen LogP contribution in [0.4, 0.5) is 0 Å². The molecule has 0 saturated heterocycles. The van der Waals surface area contributed by atoms with Crippen molar-refractivity contribution < 1.29 is 28.8 Å². The highest BCUT2D eigenvalue weighted by atomic mass is 35.5. The van der Waals surface area contributed by atoms with Crippen molar-refractivity contribution in [1.29, 1.82) is 0 Å². The molecule has 7 nitrogen and oxygen atoms in total. The Hall–Kier alpha value is -4.62. The number of rotatable bonds is 8. The number of carbonyl (C=O) groups is 1. The Labute approximate surface area is 229 Å². The number of carboxylic acid groups (broad SMARTS) is 1. The molecule has 1 aliphatic rings. The number of aromatic amines is 1. The Morgan fingerprint density at radius 1 is 1.00 bits per heavy atom. The fourth-order valence-corrected chi connectivity index (χ4v) is 5.10. The van der Waals surface area contributed by atoms with E-state index in [1.807, 2.05) is 72.8 Å². The molecule has 5 aromatic rings. The summed E-state index contributed by atoms with van der Waals surface area (Å²) in [6, 6.07) is 24.5. The van der Waals surface area contributed by atoms with E-state index in [-0.39, 0.29) is 12.5 Å². The van der Waals surface area contributed by atoms with Crippen LogP contribution in [0.25, 0.3) is 22.0 Å². The van der Waals surface area contributed by atoms with Gasteiger partial charge in [-0.05, 0) is 47.0 Å². The molecule has 0 saturated carbocycles. The maximum Gasteiger partial charge on any atom is 0.352 e. The van der Waals surface area contributed by atoms with E-state index < -0.39 is 5.97 Å². The van der Waals surface area contributed by atoms with E-state index in [2.05, 4.69) is 4.98 Å². The first-order valence-corrected chi connectivity index (χ1v) is 12.7. The number of carboxylic acids is 1. The highest BCUT2D eigenvalue weighted by molar-refractivity contribution is 6.31. The van der Waals surface area contributed by atoms with Gasteiger partial charge in [0.15, 0.2) is 11.5 Å². The van der Waals surface area contributed by atoms with Gasteiger partial charge < -0.3 is 29.0 Å². The van der Waals surface area contributed by atoms with Crippen molar-refractivity contribution >= 4 is 28.5 Å². The number of ether oxygens (including phenoxy) is 4. The number of aromatic carboxylic acids is 1. The lowest BCUT2D eigenvalue weighted by Crippen LogP contribution is -2.01. The maximum atomic E-state index is 12.4. The van der Waals surface area contributed by atoms with Gasteiger partial charge in [0.05, 0.1) is 7.11 Å². The number of nitrogens with one attached hydrogen (secondary N) is 1. The summed E-state index contributed by atoms with van der Waals surface area (Å²) in [5.74, 6) is 1.46. The van der Waals surface area contributed by atoms with Crippen LogP contribution in [0.1, 0.15) is 27.2 Å². The van der Waals surface area contributed by atoms with Crippen molar-refractivity contribution in [2.24, 2.45) is 0 Å². The van der Waals surface area contributed by atoms with Crippen molar-refractivity contribution in [3.05, 3.63) is 106 Å². The van der Waals surface area contributed by atoms with E-state index in [0.29, 0.717) is 52.1 Å². The first kappa shape index (κ1) is 24.7. The topological polar surface area (TPSA) is 90.0 Å². The van der Waals surface area contributed by atoms with Crippen LogP contribution in [0.15, 0.2) is 78.9 Å². The van der Waals surface area contributed by atoms with E-state index in [4.69, 9.17) is 30.5 Å². The average molecular weight is 542 g/mol. The SMILES string of the molecule is COc1ccc(-c2c(C(=O)O)[nH]c3ccc(OCc4ccccc4)c(Cc4cc5c(cc4Cl)OCO5)c23)cc1. The van der Waals surface area contributed by atoms with E-state index >= 15 is 0 Å². The van der Waals surface area contributed by atoms with Crippen LogP contribution in [0.3, 0.4) is 0 Å². The molecule has 1 aromatic heterocycles. The molecule has 0 amide bonds. The van der Waals surface area contributed by atoms with Gasteiger partial charge in [0.1, 0.15) is 23.8 Å². The van der Waals surface area contributed by atoms with Gasteiger partial charge in [-0.1, -0.05) is 54.1 Å². The lowest BCUT2D eigenvalue weighted by Gasteiger charge is -2.16. The Morgan fingerprint density at radius 3 is 2.46 bits per heavy atom. The van der Waals surface area contributed by atoms with Crippen molar-refractivity contribution in [2.45, 2.75) is 13.0 Å². The van der Waals surface area contributed by atoms with Crippen molar-refractivity contribution in [3.63, 3.8) is 0 Å². The molecule has 1 aliphatic heterocycles. The lowest BCUT2D eigenvalue weighted by molar-refractivity contribution is 0.0692. The predicted molar refractivity (Wildman–Crippen MR) is 148 cm³/mol. The standard InChI is InChI=1S/C31H24ClNO6/c1-36-21-9-7-19(8-10-21)28-29-22(13-20-14-26-27(15-23(20)32)39-17-38-26)25(37-16-18-5-3-2-4-6-18)12-11-24(29)33-30(28)31(34)35/h2-12,14-15,33H,13,16-17H2,1H3,(H,34,35). The fraction of sp³-hybridized carbons (Fsp3) is 0.129. The van der Waals surface area contributed by atoms with Crippen LogP contribution < -0.4 is 18.9 Å². The Balaban J connectivity index is 1.55. The van der Waals surface area contributed by atoms with E-state index in [0.717, 1.165) is 27.6 Å². The third-order valence-corrected chi connectivity index (χ3v) is 7.12. The summed E-state index contributed by atoms with van der Waals surface area (Å²) in [6.07, 6.45) is 0.372. The molecule has 2 N–H and O–H groups in total. The molecular formula is C31H24ClNO6. The quantitative estimate of drug-likeness (QED) is 0.218. The number of benzene rings is 4. The molecule has 2 heterocycles. The van der Waals surface area contributed by atoms with Crippen molar-refractivity contribution in [2.75, 3.05) is 13.9 Å². The van der Waals surface area contributed by atoms with Gasteiger partial charge in [-0.15, -0.1) is 0 Å². The third-order valence-electron chi connectivity index (χ3n) is 6.77. The van der Waals surface area contributed by atoms with Crippen molar-refractivity contribution in [1.82, 2.24) is 4.98 Å². The molecule has 0 atom stereocenters. The van der Waals surface area contributed by atoms with Gasteiger partial charge in [-0.3, -0.25) is 0 Å². The minimum atomic E-state index is -1.06. The predicted octanol–water partition coefficient (Wildman–Crippen LogP) is 7.09. The molecule has 6 rings (SSSR count). The zero-order valence-electron chi connectivity index (χ0n) is 21.0. The Morgan fingerprint density at radius 2 is 1.74 bits per heavy atom.